The van der Waals surface area contributed by atoms with Crippen LogP contribution >= 0.6 is 11.6 Å². The number of rotatable bonds is 7. The molecule has 0 aliphatic rings. The van der Waals surface area contributed by atoms with Gasteiger partial charge < -0.3 is 14.2 Å². The number of halogens is 1. The van der Waals surface area contributed by atoms with Gasteiger partial charge in [0, 0.05) is 11.8 Å². The average Bonchev–Trinajstić information content (AvgIpc) is 2.68. The normalized spacial score (nSPS) is 10.7. The summed E-state index contributed by atoms with van der Waals surface area (Å²) in [5, 5.41) is 1.25. The van der Waals surface area contributed by atoms with Crippen molar-refractivity contribution in [3.05, 3.63) is 58.5 Å². The van der Waals surface area contributed by atoms with E-state index < -0.39 is 5.97 Å². The fourth-order valence-corrected chi connectivity index (χ4v) is 3.07. The van der Waals surface area contributed by atoms with E-state index in [4.69, 9.17) is 31.5 Å². The van der Waals surface area contributed by atoms with E-state index in [-0.39, 0.29) is 19.2 Å². The first-order chi connectivity index (χ1) is 13.5. The molecule has 0 spiro atoms. The van der Waals surface area contributed by atoms with Crippen LogP contribution in [0, 0.1) is 0 Å². The molecule has 0 aliphatic carbocycles. The minimum atomic E-state index is -0.569. The summed E-state index contributed by atoms with van der Waals surface area (Å²) in [6.07, 6.45) is 0.432. The van der Waals surface area contributed by atoms with Crippen molar-refractivity contribution in [2.24, 2.45) is 5.73 Å². The lowest BCUT2D eigenvalue weighted by atomic mass is 10.0. The Hall–Kier alpha value is -2.90. The lowest BCUT2D eigenvalue weighted by Crippen LogP contribution is -2.12. The van der Waals surface area contributed by atoms with Crippen molar-refractivity contribution in [3.8, 4) is 11.5 Å². The standard InChI is InChI=1S/C20H20ClN3O4/c1-3-27-20(25)19-23-16-6-5-13(28-11-22)10-14(16)17(24-19)9-12-4-7-18(26-2)15(21)8-12/h4-8,10H,3,9,11,22H2,1-2H3. The van der Waals surface area contributed by atoms with Gasteiger partial charge in [0.05, 0.1) is 29.9 Å². The number of esters is 1. The fraction of sp³-hybridized carbons (Fsp3) is 0.250. The van der Waals surface area contributed by atoms with E-state index >= 15 is 0 Å². The van der Waals surface area contributed by atoms with Crippen LogP contribution < -0.4 is 15.2 Å². The maximum atomic E-state index is 12.2. The number of benzene rings is 2. The maximum Gasteiger partial charge on any atom is 0.376 e. The number of carbonyl (C=O) groups excluding carboxylic acids is 1. The van der Waals surface area contributed by atoms with Gasteiger partial charge in [0.1, 0.15) is 18.2 Å². The molecule has 2 N–H and O–H groups in total. The van der Waals surface area contributed by atoms with E-state index in [1.807, 2.05) is 6.07 Å². The van der Waals surface area contributed by atoms with Gasteiger partial charge in [0.2, 0.25) is 5.82 Å². The molecule has 0 radical (unpaired) electrons. The number of methoxy groups -OCH3 is 1. The van der Waals surface area contributed by atoms with Crippen molar-refractivity contribution < 1.29 is 19.0 Å². The van der Waals surface area contributed by atoms with Crippen molar-refractivity contribution in [1.29, 1.82) is 0 Å². The monoisotopic (exact) mass is 401 g/mol. The van der Waals surface area contributed by atoms with E-state index in [1.54, 1.807) is 44.4 Å². The maximum absolute atomic E-state index is 12.2. The summed E-state index contributed by atoms with van der Waals surface area (Å²) in [4.78, 5) is 20.9. The summed E-state index contributed by atoms with van der Waals surface area (Å²) < 4.78 is 15.6. The SMILES string of the molecule is CCOC(=O)c1nc(Cc2ccc(OC)c(Cl)c2)c2cc(OCN)ccc2n1. The van der Waals surface area contributed by atoms with Gasteiger partial charge in [-0.2, -0.15) is 0 Å². The molecule has 0 saturated carbocycles. The highest BCUT2D eigenvalue weighted by atomic mass is 35.5. The Bertz CT molecular complexity index is 1010. The Morgan fingerprint density at radius 3 is 2.68 bits per heavy atom. The number of aromatic nitrogens is 2. The minimum Gasteiger partial charge on any atom is -0.495 e. The van der Waals surface area contributed by atoms with E-state index in [2.05, 4.69) is 9.97 Å². The number of nitrogens with two attached hydrogens (primary N) is 1. The van der Waals surface area contributed by atoms with Gasteiger partial charge in [-0.3, -0.25) is 5.73 Å². The molecule has 0 amide bonds. The Morgan fingerprint density at radius 1 is 1.18 bits per heavy atom. The molecule has 0 aliphatic heterocycles. The minimum absolute atomic E-state index is 0.0106. The number of carbonyl (C=O) groups is 1. The van der Waals surface area contributed by atoms with Crippen LogP contribution in [0.25, 0.3) is 10.9 Å². The van der Waals surface area contributed by atoms with Crippen LogP contribution in [-0.4, -0.2) is 36.4 Å². The number of ether oxygens (including phenoxy) is 3. The first-order valence-corrected chi connectivity index (χ1v) is 9.06. The third kappa shape index (κ3) is 4.32. The van der Waals surface area contributed by atoms with Gasteiger partial charge in [0.15, 0.2) is 0 Å². The van der Waals surface area contributed by atoms with Crippen LogP contribution in [0.15, 0.2) is 36.4 Å². The molecule has 1 heterocycles. The molecule has 0 saturated heterocycles. The number of hydrogen-bond donors (Lipinski definition) is 1. The van der Waals surface area contributed by atoms with Gasteiger partial charge in [0.25, 0.3) is 0 Å². The molecule has 146 valence electrons. The van der Waals surface area contributed by atoms with E-state index in [1.165, 1.54) is 0 Å². The highest BCUT2D eigenvalue weighted by Gasteiger charge is 2.16. The predicted molar refractivity (Wildman–Crippen MR) is 106 cm³/mol. The first kappa shape index (κ1) is 19.9. The summed E-state index contributed by atoms with van der Waals surface area (Å²) in [6, 6.07) is 10.8. The van der Waals surface area contributed by atoms with Crippen molar-refractivity contribution in [2.75, 3.05) is 20.4 Å². The zero-order chi connectivity index (χ0) is 20.1. The Labute approximate surface area is 167 Å². The molecule has 3 aromatic rings. The summed E-state index contributed by atoms with van der Waals surface area (Å²) in [5.41, 5.74) is 7.63. The third-order valence-electron chi connectivity index (χ3n) is 4.04. The van der Waals surface area contributed by atoms with Gasteiger partial charge in [-0.25, -0.2) is 14.8 Å². The number of fused-ring (bicyclic) bond motifs is 1. The molecule has 7 nitrogen and oxygen atoms in total. The molecule has 0 unspecified atom stereocenters. The molecule has 0 atom stereocenters. The Balaban J connectivity index is 2.09. The van der Waals surface area contributed by atoms with Gasteiger partial charge >= 0.3 is 5.97 Å². The van der Waals surface area contributed by atoms with Crippen LogP contribution in [0.2, 0.25) is 5.02 Å². The molecule has 28 heavy (non-hydrogen) atoms. The molecular weight excluding hydrogens is 382 g/mol. The smallest absolute Gasteiger partial charge is 0.376 e. The van der Waals surface area contributed by atoms with Crippen LogP contribution in [0.3, 0.4) is 0 Å². The quantitative estimate of drug-likeness (QED) is 0.479. The molecule has 1 aromatic heterocycles. The topological polar surface area (TPSA) is 96.6 Å². The van der Waals surface area contributed by atoms with Crippen molar-refractivity contribution in [1.82, 2.24) is 9.97 Å². The molecule has 0 fully saturated rings. The highest BCUT2D eigenvalue weighted by molar-refractivity contribution is 6.32. The predicted octanol–water partition coefficient (Wildman–Crippen LogP) is 3.35. The molecule has 0 bridgehead atoms. The lowest BCUT2D eigenvalue weighted by Gasteiger charge is -2.11. The van der Waals surface area contributed by atoms with Crippen LogP contribution in [0.1, 0.15) is 28.8 Å². The van der Waals surface area contributed by atoms with E-state index in [0.29, 0.717) is 34.2 Å². The molecular formula is C20H20ClN3O4. The fourth-order valence-electron chi connectivity index (χ4n) is 2.79. The first-order valence-electron chi connectivity index (χ1n) is 8.68. The summed E-state index contributed by atoms with van der Waals surface area (Å²) in [6.45, 7) is 2.03. The van der Waals surface area contributed by atoms with Crippen molar-refractivity contribution in [3.63, 3.8) is 0 Å². The van der Waals surface area contributed by atoms with E-state index in [0.717, 1.165) is 10.9 Å². The lowest BCUT2D eigenvalue weighted by molar-refractivity contribution is 0.0512. The zero-order valence-corrected chi connectivity index (χ0v) is 16.3. The number of hydrogen-bond acceptors (Lipinski definition) is 7. The second-order valence-electron chi connectivity index (χ2n) is 5.85. The number of nitrogens with zero attached hydrogens (tertiary/aromatic N) is 2. The van der Waals surface area contributed by atoms with Crippen molar-refractivity contribution in [2.45, 2.75) is 13.3 Å². The molecule has 8 heteroatoms. The van der Waals surface area contributed by atoms with Crippen LogP contribution in [0.5, 0.6) is 11.5 Å². The van der Waals surface area contributed by atoms with E-state index in [9.17, 15) is 4.79 Å². The molecule has 3 rings (SSSR count). The molecule has 2 aromatic carbocycles. The van der Waals surface area contributed by atoms with Gasteiger partial charge in [-0.1, -0.05) is 17.7 Å². The van der Waals surface area contributed by atoms with Crippen molar-refractivity contribution >= 4 is 28.5 Å². The second kappa shape index (κ2) is 8.86. The third-order valence-corrected chi connectivity index (χ3v) is 4.34. The van der Waals surface area contributed by atoms with Crippen LogP contribution in [0.4, 0.5) is 0 Å². The largest absolute Gasteiger partial charge is 0.495 e. The van der Waals surface area contributed by atoms with Crippen LogP contribution in [-0.2, 0) is 11.2 Å². The Kier molecular flexibility index (Phi) is 6.28. The van der Waals surface area contributed by atoms with Gasteiger partial charge in [-0.05, 0) is 42.8 Å². The zero-order valence-electron chi connectivity index (χ0n) is 15.6. The average molecular weight is 402 g/mol. The summed E-state index contributed by atoms with van der Waals surface area (Å²) >= 11 is 6.24. The van der Waals surface area contributed by atoms with Gasteiger partial charge in [-0.15, -0.1) is 0 Å². The second-order valence-corrected chi connectivity index (χ2v) is 6.26. The Morgan fingerprint density at radius 2 is 2.00 bits per heavy atom. The summed E-state index contributed by atoms with van der Waals surface area (Å²) in [7, 11) is 1.56. The highest BCUT2D eigenvalue weighted by Crippen LogP contribution is 2.28. The summed E-state index contributed by atoms with van der Waals surface area (Å²) in [5.74, 6) is 0.623.